The first-order chi connectivity index (χ1) is 14.6. The maximum Gasteiger partial charge on any atom is 0.326 e. The van der Waals surface area contributed by atoms with Gasteiger partial charge in [-0.2, -0.15) is 11.8 Å². The molecule has 0 bridgehead atoms. The second-order valence-corrected chi connectivity index (χ2v) is 8.70. The van der Waals surface area contributed by atoms with Gasteiger partial charge in [-0.3, -0.25) is 19.2 Å². The largest absolute Gasteiger partial charge is 0.481 e. The Hall–Kier alpha value is -2.34. The number of carboxylic acids is 2. The molecule has 0 spiro atoms. The summed E-state index contributed by atoms with van der Waals surface area (Å²) < 4.78 is 0. The highest BCUT2D eigenvalue weighted by molar-refractivity contribution is 7.98. The zero-order chi connectivity index (χ0) is 23.6. The molecule has 176 valence electrons. The lowest BCUT2D eigenvalue weighted by Gasteiger charge is -2.26. The molecule has 1 heterocycles. The normalized spacial score (nSPS) is 18.6. The molecule has 1 aliphatic rings. The average molecular weight is 461 g/mol. The molecule has 0 aromatic rings. The summed E-state index contributed by atoms with van der Waals surface area (Å²) in [5, 5.41) is 28.7. The number of aliphatic carboxylic acids is 2. The lowest BCUT2D eigenvalue weighted by atomic mass is 10.0. The van der Waals surface area contributed by atoms with E-state index in [9.17, 15) is 29.1 Å². The van der Waals surface area contributed by atoms with Gasteiger partial charge in [0.15, 0.2) is 0 Å². The Kier molecular flexibility index (Phi) is 11.3. The predicted octanol–water partition coefficient (Wildman–Crippen LogP) is -0.839. The maximum absolute atomic E-state index is 12.8. The fourth-order valence-corrected chi connectivity index (χ4v) is 3.58. The molecule has 6 N–H and O–H groups in total. The standard InChI is InChI=1S/C19H32N4O7S/c1-10(2)15(23-16(26)11-5-4-7-20-11)18(28)22-13(9-14(24)25)17(27)21-12(19(29)30)6-8-31-3/h10-13,15,20H,4-9H2,1-3H3,(H,21,27)(H,22,28)(H,23,26)(H,24,25)(H,29,30). The smallest absolute Gasteiger partial charge is 0.326 e. The van der Waals surface area contributed by atoms with Gasteiger partial charge < -0.3 is 31.5 Å². The number of rotatable bonds is 13. The van der Waals surface area contributed by atoms with Crippen LogP contribution < -0.4 is 21.3 Å². The van der Waals surface area contributed by atoms with E-state index in [4.69, 9.17) is 5.11 Å². The van der Waals surface area contributed by atoms with Gasteiger partial charge in [0.1, 0.15) is 18.1 Å². The fraction of sp³-hybridized carbons (Fsp3) is 0.737. The summed E-state index contributed by atoms with van der Waals surface area (Å²) in [6.45, 7) is 4.13. The summed E-state index contributed by atoms with van der Waals surface area (Å²) in [5.74, 6) is -4.39. The maximum atomic E-state index is 12.8. The zero-order valence-corrected chi connectivity index (χ0v) is 18.8. The van der Waals surface area contributed by atoms with Gasteiger partial charge in [0.25, 0.3) is 0 Å². The number of carbonyl (C=O) groups excluding carboxylic acids is 3. The first kappa shape index (κ1) is 26.7. The summed E-state index contributed by atoms with van der Waals surface area (Å²) in [7, 11) is 0. The van der Waals surface area contributed by atoms with E-state index in [0.717, 1.165) is 6.42 Å². The highest BCUT2D eigenvalue weighted by Gasteiger charge is 2.33. The number of carboxylic acid groups (broad SMARTS) is 2. The van der Waals surface area contributed by atoms with Crippen molar-refractivity contribution in [3.8, 4) is 0 Å². The van der Waals surface area contributed by atoms with Crippen molar-refractivity contribution in [2.75, 3.05) is 18.6 Å². The third-order valence-corrected chi connectivity index (χ3v) is 5.50. The van der Waals surface area contributed by atoms with Crippen LogP contribution in [0.5, 0.6) is 0 Å². The van der Waals surface area contributed by atoms with Crippen molar-refractivity contribution in [3.63, 3.8) is 0 Å². The molecule has 11 nitrogen and oxygen atoms in total. The SMILES string of the molecule is CSCCC(NC(=O)C(CC(=O)O)NC(=O)C(NC(=O)C1CCCN1)C(C)C)C(=O)O. The number of nitrogens with one attached hydrogen (secondary N) is 4. The van der Waals surface area contributed by atoms with Crippen molar-refractivity contribution in [2.24, 2.45) is 5.92 Å². The van der Waals surface area contributed by atoms with Crippen molar-refractivity contribution in [1.29, 1.82) is 0 Å². The van der Waals surface area contributed by atoms with Gasteiger partial charge in [-0.1, -0.05) is 13.8 Å². The van der Waals surface area contributed by atoms with E-state index in [1.54, 1.807) is 20.1 Å². The monoisotopic (exact) mass is 460 g/mol. The molecule has 0 saturated carbocycles. The van der Waals surface area contributed by atoms with Crippen LogP contribution in [-0.4, -0.2) is 82.6 Å². The van der Waals surface area contributed by atoms with Gasteiger partial charge in [-0.15, -0.1) is 0 Å². The van der Waals surface area contributed by atoms with Crippen LogP contribution in [0.25, 0.3) is 0 Å². The van der Waals surface area contributed by atoms with Crippen molar-refractivity contribution in [3.05, 3.63) is 0 Å². The topological polar surface area (TPSA) is 174 Å². The van der Waals surface area contributed by atoms with Gasteiger partial charge >= 0.3 is 11.9 Å². The Balaban J connectivity index is 2.87. The lowest BCUT2D eigenvalue weighted by Crippen LogP contribution is -2.58. The van der Waals surface area contributed by atoms with Crippen molar-refractivity contribution in [1.82, 2.24) is 21.3 Å². The van der Waals surface area contributed by atoms with E-state index in [0.29, 0.717) is 18.7 Å². The van der Waals surface area contributed by atoms with Crippen molar-refractivity contribution in [2.45, 2.75) is 63.7 Å². The van der Waals surface area contributed by atoms with Crippen LogP contribution in [0.15, 0.2) is 0 Å². The van der Waals surface area contributed by atoms with E-state index in [1.165, 1.54) is 11.8 Å². The highest BCUT2D eigenvalue weighted by atomic mass is 32.2. The minimum atomic E-state index is -1.48. The molecule has 0 radical (unpaired) electrons. The molecule has 12 heteroatoms. The van der Waals surface area contributed by atoms with Crippen LogP contribution in [0.4, 0.5) is 0 Å². The Labute approximate surface area is 185 Å². The minimum Gasteiger partial charge on any atom is -0.481 e. The van der Waals surface area contributed by atoms with Crippen LogP contribution in [0.3, 0.4) is 0 Å². The molecule has 0 aliphatic carbocycles. The van der Waals surface area contributed by atoms with Gasteiger partial charge in [-0.05, 0) is 43.7 Å². The van der Waals surface area contributed by atoms with E-state index >= 15 is 0 Å². The number of thioether (sulfide) groups is 1. The Bertz CT molecular complexity index is 668. The van der Waals surface area contributed by atoms with E-state index < -0.39 is 54.3 Å². The van der Waals surface area contributed by atoms with E-state index in [1.807, 2.05) is 0 Å². The molecule has 1 aliphatic heterocycles. The molecule has 1 saturated heterocycles. The average Bonchev–Trinajstić information content (AvgIpc) is 3.22. The van der Waals surface area contributed by atoms with Gasteiger partial charge in [-0.25, -0.2) is 4.79 Å². The summed E-state index contributed by atoms with van der Waals surface area (Å²) in [5.41, 5.74) is 0. The summed E-state index contributed by atoms with van der Waals surface area (Å²) in [6, 6.07) is -4.07. The number of hydrogen-bond donors (Lipinski definition) is 6. The molecule has 0 aromatic carbocycles. The second kappa shape index (κ2) is 13.2. The molecule has 4 atom stereocenters. The quantitative estimate of drug-likeness (QED) is 0.205. The van der Waals surface area contributed by atoms with Crippen LogP contribution in [0.2, 0.25) is 0 Å². The molecule has 1 rings (SSSR count). The molecule has 31 heavy (non-hydrogen) atoms. The van der Waals surface area contributed by atoms with Gasteiger partial charge in [0.2, 0.25) is 17.7 Å². The molecular formula is C19H32N4O7S. The van der Waals surface area contributed by atoms with Crippen LogP contribution >= 0.6 is 11.8 Å². The summed E-state index contributed by atoms with van der Waals surface area (Å²) in [4.78, 5) is 60.3. The van der Waals surface area contributed by atoms with Crippen LogP contribution in [-0.2, 0) is 24.0 Å². The third kappa shape index (κ3) is 9.13. The van der Waals surface area contributed by atoms with Gasteiger partial charge in [0.05, 0.1) is 12.5 Å². The fourth-order valence-electron chi connectivity index (χ4n) is 3.11. The van der Waals surface area contributed by atoms with Crippen LogP contribution in [0, 0.1) is 5.92 Å². The molecule has 3 amide bonds. The van der Waals surface area contributed by atoms with Gasteiger partial charge in [0, 0.05) is 0 Å². The number of hydrogen-bond acceptors (Lipinski definition) is 7. The first-order valence-electron chi connectivity index (χ1n) is 10.1. The van der Waals surface area contributed by atoms with E-state index in [-0.39, 0.29) is 18.2 Å². The molecule has 4 unspecified atom stereocenters. The third-order valence-electron chi connectivity index (χ3n) is 4.86. The summed E-state index contributed by atoms with van der Waals surface area (Å²) >= 11 is 1.40. The second-order valence-electron chi connectivity index (χ2n) is 7.72. The number of carbonyl (C=O) groups is 5. The highest BCUT2D eigenvalue weighted by Crippen LogP contribution is 2.09. The zero-order valence-electron chi connectivity index (χ0n) is 18.0. The minimum absolute atomic E-state index is 0.148. The Morgan fingerprint density at radius 3 is 2.16 bits per heavy atom. The lowest BCUT2D eigenvalue weighted by molar-refractivity contribution is -0.143. The van der Waals surface area contributed by atoms with E-state index in [2.05, 4.69) is 21.3 Å². The van der Waals surface area contributed by atoms with Crippen molar-refractivity contribution < 1.29 is 34.2 Å². The Morgan fingerprint density at radius 1 is 1.03 bits per heavy atom. The molecule has 0 aromatic heterocycles. The molecular weight excluding hydrogens is 428 g/mol. The predicted molar refractivity (Wildman–Crippen MR) is 115 cm³/mol. The molecule has 1 fully saturated rings. The number of amides is 3. The summed E-state index contributed by atoms with van der Waals surface area (Å²) in [6.07, 6.45) is 2.70. The Morgan fingerprint density at radius 2 is 1.68 bits per heavy atom. The first-order valence-corrected chi connectivity index (χ1v) is 11.5. The van der Waals surface area contributed by atoms with Crippen LogP contribution in [0.1, 0.15) is 39.5 Å². The van der Waals surface area contributed by atoms with Crippen molar-refractivity contribution >= 4 is 41.4 Å².